The number of para-hydroxylation sites is 2. The molecule has 0 amide bonds. The van der Waals surface area contributed by atoms with Crippen molar-refractivity contribution in [2.75, 3.05) is 42.5 Å². The van der Waals surface area contributed by atoms with Crippen molar-refractivity contribution in [2.45, 2.75) is 13.1 Å². The standard InChI is InChI=1S/C19H24N8/c1-2-7-27-15-6-4-3-5-14(15)22-18(27)13-25-8-10-26(11-9-25)17-12-16(20)23-19(21)24-17/h2-6,12H,1,7-11,13H2,(H4,20,21,23,24). The molecule has 2 aromatic heterocycles. The minimum Gasteiger partial charge on any atom is -0.383 e. The zero-order chi connectivity index (χ0) is 18.8. The predicted molar refractivity (Wildman–Crippen MR) is 108 cm³/mol. The van der Waals surface area contributed by atoms with E-state index in [1.165, 1.54) is 0 Å². The van der Waals surface area contributed by atoms with E-state index in [-0.39, 0.29) is 5.95 Å². The number of anilines is 3. The molecule has 1 aliphatic heterocycles. The van der Waals surface area contributed by atoms with Crippen LogP contribution in [0.4, 0.5) is 17.6 Å². The van der Waals surface area contributed by atoms with Gasteiger partial charge < -0.3 is 20.9 Å². The van der Waals surface area contributed by atoms with E-state index < -0.39 is 0 Å². The topological polar surface area (TPSA) is 102 Å². The van der Waals surface area contributed by atoms with Crippen molar-refractivity contribution in [3.8, 4) is 0 Å². The lowest BCUT2D eigenvalue weighted by Crippen LogP contribution is -2.46. The third kappa shape index (κ3) is 3.56. The minimum absolute atomic E-state index is 0.213. The van der Waals surface area contributed by atoms with Crippen molar-refractivity contribution in [3.63, 3.8) is 0 Å². The number of nitrogens with two attached hydrogens (primary N) is 2. The maximum Gasteiger partial charge on any atom is 0.223 e. The summed E-state index contributed by atoms with van der Waals surface area (Å²) in [5.74, 6) is 2.47. The molecule has 0 atom stereocenters. The lowest BCUT2D eigenvalue weighted by atomic mass is 10.3. The van der Waals surface area contributed by atoms with Gasteiger partial charge in [-0.3, -0.25) is 4.90 Å². The Labute approximate surface area is 158 Å². The first kappa shape index (κ1) is 17.3. The number of allylic oxidation sites excluding steroid dienone is 1. The van der Waals surface area contributed by atoms with Gasteiger partial charge in [-0.05, 0) is 12.1 Å². The summed E-state index contributed by atoms with van der Waals surface area (Å²) in [6.45, 7) is 9.01. The van der Waals surface area contributed by atoms with Gasteiger partial charge in [0.2, 0.25) is 5.95 Å². The van der Waals surface area contributed by atoms with Gasteiger partial charge in [-0.25, -0.2) is 4.98 Å². The van der Waals surface area contributed by atoms with E-state index in [4.69, 9.17) is 16.5 Å². The largest absolute Gasteiger partial charge is 0.383 e. The fraction of sp³-hybridized carbons (Fsp3) is 0.316. The Kier molecular flexibility index (Phi) is 4.64. The van der Waals surface area contributed by atoms with Crippen LogP contribution in [-0.2, 0) is 13.1 Å². The lowest BCUT2D eigenvalue weighted by molar-refractivity contribution is 0.241. The van der Waals surface area contributed by atoms with Crippen LogP contribution in [0.5, 0.6) is 0 Å². The predicted octanol–water partition coefficient (Wildman–Crippen LogP) is 1.50. The van der Waals surface area contributed by atoms with Gasteiger partial charge in [0, 0.05) is 38.8 Å². The second-order valence-electron chi connectivity index (χ2n) is 6.69. The van der Waals surface area contributed by atoms with Crippen LogP contribution in [0.25, 0.3) is 11.0 Å². The number of rotatable bonds is 5. The number of hydrogen-bond donors (Lipinski definition) is 2. The van der Waals surface area contributed by atoms with Gasteiger partial charge in [-0.2, -0.15) is 9.97 Å². The molecule has 1 fully saturated rings. The average Bonchev–Trinajstić information content (AvgIpc) is 2.99. The number of aromatic nitrogens is 4. The van der Waals surface area contributed by atoms with Gasteiger partial charge in [0.15, 0.2) is 0 Å². The SMILES string of the molecule is C=CCn1c(CN2CCN(c3cc(N)nc(N)n3)CC2)nc2ccccc21. The molecular weight excluding hydrogens is 340 g/mol. The second kappa shape index (κ2) is 7.24. The monoisotopic (exact) mass is 364 g/mol. The zero-order valence-electron chi connectivity index (χ0n) is 15.3. The highest BCUT2D eigenvalue weighted by Crippen LogP contribution is 2.20. The van der Waals surface area contributed by atoms with E-state index in [9.17, 15) is 0 Å². The van der Waals surface area contributed by atoms with Crippen molar-refractivity contribution < 1.29 is 0 Å². The Hall–Kier alpha value is -3.13. The van der Waals surface area contributed by atoms with Crippen LogP contribution in [0, 0.1) is 0 Å². The zero-order valence-corrected chi connectivity index (χ0v) is 15.3. The summed E-state index contributed by atoms with van der Waals surface area (Å²) >= 11 is 0. The van der Waals surface area contributed by atoms with Crippen molar-refractivity contribution in [1.29, 1.82) is 0 Å². The van der Waals surface area contributed by atoms with Gasteiger partial charge in [0.05, 0.1) is 17.6 Å². The number of piperazine rings is 1. The normalized spacial score (nSPS) is 15.3. The molecule has 4 rings (SSSR count). The Morgan fingerprint density at radius 3 is 2.56 bits per heavy atom. The van der Waals surface area contributed by atoms with Gasteiger partial charge in [0.25, 0.3) is 0 Å². The van der Waals surface area contributed by atoms with Crippen LogP contribution >= 0.6 is 0 Å². The summed E-state index contributed by atoms with van der Waals surface area (Å²) in [6, 6.07) is 10.0. The number of nitrogen functional groups attached to an aromatic ring is 2. The van der Waals surface area contributed by atoms with E-state index in [1.807, 2.05) is 18.2 Å². The summed E-state index contributed by atoms with van der Waals surface area (Å²) in [5, 5.41) is 0. The molecule has 0 radical (unpaired) electrons. The van der Waals surface area contributed by atoms with E-state index >= 15 is 0 Å². The van der Waals surface area contributed by atoms with Crippen LogP contribution in [0.1, 0.15) is 5.82 Å². The molecule has 0 spiro atoms. The Balaban J connectivity index is 1.47. The third-order valence-electron chi connectivity index (χ3n) is 4.86. The molecule has 140 valence electrons. The Bertz CT molecular complexity index is 935. The molecule has 3 aromatic rings. The highest BCUT2D eigenvalue weighted by molar-refractivity contribution is 5.76. The van der Waals surface area contributed by atoms with Crippen molar-refractivity contribution in [1.82, 2.24) is 24.4 Å². The number of hydrogen-bond acceptors (Lipinski definition) is 7. The highest BCUT2D eigenvalue weighted by atomic mass is 15.3. The summed E-state index contributed by atoms with van der Waals surface area (Å²) in [5.41, 5.74) is 13.7. The molecule has 0 aliphatic carbocycles. The molecule has 0 unspecified atom stereocenters. The van der Waals surface area contributed by atoms with Crippen LogP contribution < -0.4 is 16.4 Å². The van der Waals surface area contributed by atoms with Crippen molar-refractivity contribution in [3.05, 3.63) is 48.8 Å². The molecule has 8 heteroatoms. The first-order valence-electron chi connectivity index (χ1n) is 9.06. The molecular formula is C19H24N8. The van der Waals surface area contributed by atoms with Crippen LogP contribution in [0.3, 0.4) is 0 Å². The average molecular weight is 364 g/mol. The molecule has 1 saturated heterocycles. The fourth-order valence-corrected chi connectivity index (χ4v) is 3.55. The summed E-state index contributed by atoms with van der Waals surface area (Å²) in [4.78, 5) is 17.7. The number of imidazole rings is 1. The molecule has 27 heavy (non-hydrogen) atoms. The maximum atomic E-state index is 5.79. The van der Waals surface area contributed by atoms with Gasteiger partial charge in [0.1, 0.15) is 17.5 Å². The van der Waals surface area contributed by atoms with Crippen LogP contribution in [-0.4, -0.2) is 50.6 Å². The van der Waals surface area contributed by atoms with Crippen LogP contribution in [0.15, 0.2) is 43.0 Å². The van der Waals surface area contributed by atoms with E-state index in [1.54, 1.807) is 6.07 Å². The van der Waals surface area contributed by atoms with Gasteiger partial charge in [-0.15, -0.1) is 6.58 Å². The molecule has 8 nitrogen and oxygen atoms in total. The number of nitrogens with zero attached hydrogens (tertiary/aromatic N) is 6. The molecule has 0 saturated carbocycles. The molecule has 3 heterocycles. The summed E-state index contributed by atoms with van der Waals surface area (Å²) in [6.07, 6.45) is 1.92. The fourth-order valence-electron chi connectivity index (χ4n) is 3.55. The Morgan fingerprint density at radius 2 is 1.81 bits per heavy atom. The molecule has 4 N–H and O–H groups in total. The second-order valence-corrected chi connectivity index (χ2v) is 6.69. The van der Waals surface area contributed by atoms with Crippen LogP contribution in [0.2, 0.25) is 0 Å². The van der Waals surface area contributed by atoms with Crippen molar-refractivity contribution >= 4 is 28.6 Å². The molecule has 1 aliphatic rings. The number of benzene rings is 1. The molecule has 1 aromatic carbocycles. The third-order valence-corrected chi connectivity index (χ3v) is 4.86. The molecule has 0 bridgehead atoms. The first-order chi connectivity index (χ1) is 13.1. The maximum absolute atomic E-state index is 5.79. The summed E-state index contributed by atoms with van der Waals surface area (Å²) < 4.78 is 2.24. The van der Waals surface area contributed by atoms with E-state index in [0.29, 0.717) is 5.82 Å². The van der Waals surface area contributed by atoms with E-state index in [2.05, 4.69) is 43.0 Å². The Morgan fingerprint density at radius 1 is 1.04 bits per heavy atom. The minimum atomic E-state index is 0.213. The smallest absolute Gasteiger partial charge is 0.223 e. The van der Waals surface area contributed by atoms with Gasteiger partial charge in [-0.1, -0.05) is 18.2 Å². The number of fused-ring (bicyclic) bond motifs is 1. The quantitative estimate of drug-likeness (QED) is 0.661. The van der Waals surface area contributed by atoms with Crippen molar-refractivity contribution in [2.24, 2.45) is 0 Å². The summed E-state index contributed by atoms with van der Waals surface area (Å²) in [7, 11) is 0. The lowest BCUT2D eigenvalue weighted by Gasteiger charge is -2.35. The van der Waals surface area contributed by atoms with E-state index in [0.717, 1.165) is 61.9 Å². The highest BCUT2D eigenvalue weighted by Gasteiger charge is 2.21. The first-order valence-corrected chi connectivity index (χ1v) is 9.06. The van der Waals surface area contributed by atoms with Gasteiger partial charge >= 0.3 is 0 Å².